The minimum absolute atomic E-state index is 0.0429. The molecule has 0 radical (unpaired) electrons. The van der Waals surface area contributed by atoms with Crippen LogP contribution in [0.4, 0.5) is 11.6 Å². The molecule has 0 bridgehead atoms. The van der Waals surface area contributed by atoms with E-state index in [2.05, 4.69) is 20.5 Å². The molecule has 0 atom stereocenters. The van der Waals surface area contributed by atoms with Crippen molar-refractivity contribution in [2.75, 3.05) is 30.4 Å². The molecule has 20 heavy (non-hydrogen) atoms. The average molecular weight is 275 g/mol. The summed E-state index contributed by atoms with van der Waals surface area (Å²) in [6.45, 7) is 5.28. The van der Waals surface area contributed by atoms with E-state index in [9.17, 15) is 4.79 Å². The van der Waals surface area contributed by atoms with Gasteiger partial charge in [0, 0.05) is 32.1 Å². The molecule has 6 nitrogen and oxygen atoms in total. The van der Waals surface area contributed by atoms with Gasteiger partial charge in [0.05, 0.1) is 0 Å². The highest BCUT2D eigenvalue weighted by Gasteiger charge is 2.39. The number of rotatable bonds is 3. The van der Waals surface area contributed by atoms with Gasteiger partial charge >= 0.3 is 0 Å². The summed E-state index contributed by atoms with van der Waals surface area (Å²) in [6, 6.07) is 1.92. The fourth-order valence-electron chi connectivity index (χ4n) is 2.54. The summed E-state index contributed by atoms with van der Waals surface area (Å²) in [5.41, 5.74) is -0.585. The molecule has 1 aliphatic heterocycles. The Kier molecular flexibility index (Phi) is 3.03. The van der Waals surface area contributed by atoms with Gasteiger partial charge in [-0.15, -0.1) is 0 Å². The van der Waals surface area contributed by atoms with Crippen molar-refractivity contribution in [1.29, 1.82) is 0 Å². The Morgan fingerprint density at radius 3 is 2.80 bits per heavy atom. The van der Waals surface area contributed by atoms with Gasteiger partial charge in [0.1, 0.15) is 23.0 Å². The van der Waals surface area contributed by atoms with E-state index in [-0.39, 0.29) is 5.91 Å². The van der Waals surface area contributed by atoms with Crippen molar-refractivity contribution in [1.82, 2.24) is 15.3 Å². The number of carbonyl (C=O) groups excluding carboxylic acids is 1. The number of nitrogens with zero attached hydrogens (tertiary/aromatic N) is 3. The van der Waals surface area contributed by atoms with Gasteiger partial charge in [0.25, 0.3) is 0 Å². The van der Waals surface area contributed by atoms with E-state index in [1.807, 2.05) is 27.0 Å². The zero-order valence-electron chi connectivity index (χ0n) is 12.2. The molecule has 1 saturated carbocycles. The molecular weight excluding hydrogens is 254 g/mol. The van der Waals surface area contributed by atoms with Crippen molar-refractivity contribution < 1.29 is 4.79 Å². The van der Waals surface area contributed by atoms with Crippen LogP contribution in [0, 0.1) is 0 Å². The Morgan fingerprint density at radius 1 is 1.40 bits per heavy atom. The normalized spacial score (nSPS) is 21.6. The van der Waals surface area contributed by atoms with Crippen molar-refractivity contribution in [3.8, 4) is 0 Å². The molecule has 2 aliphatic rings. The second-order valence-corrected chi connectivity index (χ2v) is 5.96. The van der Waals surface area contributed by atoms with E-state index in [1.165, 1.54) is 0 Å². The summed E-state index contributed by atoms with van der Waals surface area (Å²) in [4.78, 5) is 23.4. The van der Waals surface area contributed by atoms with Crippen LogP contribution in [0.1, 0.15) is 38.4 Å². The van der Waals surface area contributed by atoms with Gasteiger partial charge in [-0.25, -0.2) is 9.97 Å². The molecule has 1 saturated heterocycles. The number of nitrogens with one attached hydrogen (secondary N) is 2. The number of piperazine rings is 1. The predicted molar refractivity (Wildman–Crippen MR) is 78.0 cm³/mol. The van der Waals surface area contributed by atoms with Crippen LogP contribution in [-0.2, 0) is 4.79 Å². The van der Waals surface area contributed by atoms with Gasteiger partial charge in [-0.1, -0.05) is 0 Å². The molecule has 6 heteroatoms. The van der Waals surface area contributed by atoms with E-state index < -0.39 is 5.54 Å². The second-order valence-electron chi connectivity index (χ2n) is 5.96. The largest absolute Gasteiger partial charge is 0.373 e. The molecular formula is C14H21N5O. The minimum Gasteiger partial charge on any atom is -0.373 e. The third kappa shape index (κ3) is 2.19. The van der Waals surface area contributed by atoms with Crippen LogP contribution in [0.3, 0.4) is 0 Å². The van der Waals surface area contributed by atoms with Gasteiger partial charge < -0.3 is 15.5 Å². The molecule has 0 spiro atoms. The molecule has 1 aliphatic carbocycles. The summed E-state index contributed by atoms with van der Waals surface area (Å²) >= 11 is 0. The van der Waals surface area contributed by atoms with E-state index in [0.717, 1.165) is 36.8 Å². The van der Waals surface area contributed by atoms with Crippen molar-refractivity contribution in [3.05, 3.63) is 11.9 Å². The number of anilines is 2. The van der Waals surface area contributed by atoms with Gasteiger partial charge in [-0.05, 0) is 26.7 Å². The summed E-state index contributed by atoms with van der Waals surface area (Å²) < 4.78 is 0. The molecule has 2 N–H and O–H groups in total. The Balaban J connectivity index is 1.99. The minimum atomic E-state index is -0.585. The molecule has 108 valence electrons. The fraction of sp³-hybridized carbons (Fsp3) is 0.643. The Labute approximate surface area is 119 Å². The number of carbonyl (C=O) groups is 1. The molecule has 1 aromatic rings. The lowest BCUT2D eigenvalue weighted by atomic mass is 9.99. The highest BCUT2D eigenvalue weighted by molar-refractivity contribution is 5.90. The molecule has 0 aromatic carbocycles. The first-order chi connectivity index (χ1) is 9.52. The highest BCUT2D eigenvalue weighted by Crippen LogP contribution is 2.39. The lowest BCUT2D eigenvalue weighted by molar-refractivity contribution is -0.126. The first-order valence-corrected chi connectivity index (χ1v) is 7.15. The molecule has 1 aromatic heterocycles. The van der Waals surface area contributed by atoms with Crippen LogP contribution < -0.4 is 15.5 Å². The number of amides is 1. The Morgan fingerprint density at radius 2 is 2.15 bits per heavy atom. The van der Waals surface area contributed by atoms with Crippen LogP contribution in [0.25, 0.3) is 0 Å². The quantitative estimate of drug-likeness (QED) is 0.865. The summed E-state index contributed by atoms with van der Waals surface area (Å²) in [6.07, 6.45) is 2.33. The monoisotopic (exact) mass is 275 g/mol. The van der Waals surface area contributed by atoms with Crippen LogP contribution in [0.5, 0.6) is 0 Å². The van der Waals surface area contributed by atoms with Crippen LogP contribution >= 0.6 is 0 Å². The number of hydrogen-bond donors (Lipinski definition) is 2. The van der Waals surface area contributed by atoms with Gasteiger partial charge in [0.15, 0.2) is 0 Å². The molecule has 3 rings (SSSR count). The van der Waals surface area contributed by atoms with Crippen molar-refractivity contribution >= 4 is 17.5 Å². The summed E-state index contributed by atoms with van der Waals surface area (Å²) in [7, 11) is 1.86. The fourth-order valence-corrected chi connectivity index (χ4v) is 2.54. The molecule has 2 fully saturated rings. The number of aromatic nitrogens is 2. The van der Waals surface area contributed by atoms with Crippen LogP contribution in [0.2, 0.25) is 0 Å². The predicted octanol–water partition coefficient (Wildman–Crippen LogP) is 1.11. The van der Waals surface area contributed by atoms with Crippen molar-refractivity contribution in [3.63, 3.8) is 0 Å². The third-order valence-corrected chi connectivity index (χ3v) is 4.06. The lowest BCUT2D eigenvalue weighted by Crippen LogP contribution is -2.62. The zero-order valence-corrected chi connectivity index (χ0v) is 12.2. The first kappa shape index (κ1) is 13.1. The second kappa shape index (κ2) is 4.61. The van der Waals surface area contributed by atoms with Crippen LogP contribution in [-0.4, -0.2) is 41.6 Å². The lowest BCUT2D eigenvalue weighted by Gasteiger charge is -2.42. The van der Waals surface area contributed by atoms with E-state index in [1.54, 1.807) is 0 Å². The first-order valence-electron chi connectivity index (χ1n) is 7.15. The topological polar surface area (TPSA) is 70.2 Å². The van der Waals surface area contributed by atoms with Crippen molar-refractivity contribution in [2.24, 2.45) is 0 Å². The third-order valence-electron chi connectivity index (χ3n) is 4.06. The standard InChI is InChI=1S/C14H21N5O/c1-14(2)13(20)16-6-7-19(14)11-8-10(15-3)17-12(18-11)9-4-5-9/h8-9H,4-7H2,1-3H3,(H,16,20)(H,15,17,18). The summed E-state index contributed by atoms with van der Waals surface area (Å²) in [5.74, 6) is 3.09. The maximum Gasteiger partial charge on any atom is 0.245 e. The van der Waals surface area contributed by atoms with Crippen molar-refractivity contribution in [2.45, 2.75) is 38.1 Å². The molecule has 0 unspecified atom stereocenters. The Bertz CT molecular complexity index is 538. The zero-order chi connectivity index (χ0) is 14.3. The maximum absolute atomic E-state index is 12.1. The van der Waals surface area contributed by atoms with Gasteiger partial charge in [-0.2, -0.15) is 0 Å². The average Bonchev–Trinajstić information content (AvgIpc) is 3.25. The smallest absolute Gasteiger partial charge is 0.245 e. The maximum atomic E-state index is 12.1. The molecule has 2 heterocycles. The van der Waals surface area contributed by atoms with E-state index >= 15 is 0 Å². The Hall–Kier alpha value is -1.85. The van der Waals surface area contributed by atoms with E-state index in [0.29, 0.717) is 12.5 Å². The number of hydrogen-bond acceptors (Lipinski definition) is 5. The van der Waals surface area contributed by atoms with Gasteiger partial charge in [-0.3, -0.25) is 4.79 Å². The van der Waals surface area contributed by atoms with Gasteiger partial charge in [0.2, 0.25) is 5.91 Å². The highest BCUT2D eigenvalue weighted by atomic mass is 16.2. The van der Waals surface area contributed by atoms with E-state index in [4.69, 9.17) is 4.98 Å². The molecule has 1 amide bonds. The SMILES string of the molecule is CNc1cc(N2CCNC(=O)C2(C)C)nc(C2CC2)n1. The van der Waals surface area contributed by atoms with Crippen LogP contribution in [0.15, 0.2) is 6.07 Å². The summed E-state index contributed by atoms with van der Waals surface area (Å²) in [5, 5.41) is 6.00.